The minimum Gasteiger partial charge on any atom is -0.395 e. The standard InChI is InChI=1S/C13H22N4O/c1-10(2)12-6-13(15-9-14-12)17-5-4-16(3)11(7-17)8-18/h6,9-11,18H,4-5,7-8H2,1-3H3/t11-/m1/s1. The fraction of sp³-hybridized carbons (Fsp3) is 0.692. The molecule has 0 saturated carbocycles. The van der Waals surface area contributed by atoms with Crippen LogP contribution in [0.2, 0.25) is 0 Å². The molecule has 1 N–H and O–H groups in total. The van der Waals surface area contributed by atoms with Crippen LogP contribution in [-0.4, -0.2) is 59.3 Å². The molecule has 2 heterocycles. The van der Waals surface area contributed by atoms with E-state index in [4.69, 9.17) is 0 Å². The fourth-order valence-corrected chi connectivity index (χ4v) is 2.20. The second kappa shape index (κ2) is 5.63. The number of rotatable bonds is 3. The van der Waals surface area contributed by atoms with Crippen molar-refractivity contribution in [2.24, 2.45) is 0 Å². The molecule has 0 amide bonds. The second-order valence-corrected chi connectivity index (χ2v) is 5.22. The molecule has 5 heteroatoms. The van der Waals surface area contributed by atoms with Crippen LogP contribution in [0.5, 0.6) is 0 Å². The van der Waals surface area contributed by atoms with Gasteiger partial charge in [0.2, 0.25) is 0 Å². The van der Waals surface area contributed by atoms with Crippen molar-refractivity contribution >= 4 is 5.82 Å². The summed E-state index contributed by atoms with van der Waals surface area (Å²) in [5.74, 6) is 1.38. The van der Waals surface area contributed by atoms with Gasteiger partial charge in [0.15, 0.2) is 0 Å². The van der Waals surface area contributed by atoms with Crippen molar-refractivity contribution < 1.29 is 5.11 Å². The lowest BCUT2D eigenvalue weighted by atomic mass is 10.1. The summed E-state index contributed by atoms with van der Waals surface area (Å²) in [5, 5.41) is 9.37. The summed E-state index contributed by atoms with van der Waals surface area (Å²) in [7, 11) is 2.05. The van der Waals surface area contributed by atoms with Gasteiger partial charge in [-0.25, -0.2) is 9.97 Å². The quantitative estimate of drug-likeness (QED) is 0.856. The van der Waals surface area contributed by atoms with Crippen LogP contribution < -0.4 is 4.90 Å². The molecule has 0 aliphatic carbocycles. The van der Waals surface area contributed by atoms with Crippen LogP contribution in [-0.2, 0) is 0 Å². The maximum Gasteiger partial charge on any atom is 0.132 e. The molecule has 1 aliphatic rings. The molecular weight excluding hydrogens is 228 g/mol. The highest BCUT2D eigenvalue weighted by molar-refractivity contribution is 5.40. The molecule has 1 aromatic heterocycles. The van der Waals surface area contributed by atoms with Gasteiger partial charge in [-0.05, 0) is 13.0 Å². The molecule has 1 aliphatic heterocycles. The zero-order valence-electron chi connectivity index (χ0n) is 11.4. The van der Waals surface area contributed by atoms with E-state index in [1.54, 1.807) is 6.33 Å². The van der Waals surface area contributed by atoms with Crippen molar-refractivity contribution in [3.8, 4) is 0 Å². The van der Waals surface area contributed by atoms with Gasteiger partial charge in [0.05, 0.1) is 12.6 Å². The zero-order valence-corrected chi connectivity index (χ0v) is 11.4. The van der Waals surface area contributed by atoms with Crippen LogP contribution in [0, 0.1) is 0 Å². The first kappa shape index (κ1) is 13.2. The Morgan fingerprint density at radius 2 is 2.17 bits per heavy atom. The Morgan fingerprint density at radius 3 is 2.83 bits per heavy atom. The second-order valence-electron chi connectivity index (χ2n) is 5.22. The van der Waals surface area contributed by atoms with Gasteiger partial charge in [0.1, 0.15) is 12.1 Å². The molecule has 1 atom stereocenters. The molecule has 5 nitrogen and oxygen atoms in total. The van der Waals surface area contributed by atoms with Gasteiger partial charge in [0, 0.05) is 31.4 Å². The molecule has 0 radical (unpaired) electrons. The van der Waals surface area contributed by atoms with E-state index in [-0.39, 0.29) is 12.6 Å². The average Bonchev–Trinajstić information content (AvgIpc) is 2.39. The van der Waals surface area contributed by atoms with Gasteiger partial charge >= 0.3 is 0 Å². The Morgan fingerprint density at radius 1 is 1.39 bits per heavy atom. The average molecular weight is 250 g/mol. The Balaban J connectivity index is 2.14. The molecule has 18 heavy (non-hydrogen) atoms. The Bertz CT molecular complexity index is 396. The predicted molar refractivity (Wildman–Crippen MR) is 71.8 cm³/mol. The number of likely N-dealkylation sites (N-methyl/N-ethyl adjacent to an activating group) is 1. The van der Waals surface area contributed by atoms with Crippen LogP contribution >= 0.6 is 0 Å². The fourth-order valence-electron chi connectivity index (χ4n) is 2.20. The molecule has 100 valence electrons. The zero-order chi connectivity index (χ0) is 13.1. The van der Waals surface area contributed by atoms with Crippen molar-refractivity contribution in [3.05, 3.63) is 18.1 Å². The summed E-state index contributed by atoms with van der Waals surface area (Å²) in [6.45, 7) is 7.17. The van der Waals surface area contributed by atoms with E-state index in [1.807, 2.05) is 0 Å². The van der Waals surface area contributed by atoms with Crippen LogP contribution in [0.3, 0.4) is 0 Å². The molecule has 1 aromatic rings. The Hall–Kier alpha value is -1.20. The molecule has 0 aromatic carbocycles. The summed E-state index contributed by atoms with van der Waals surface area (Å²) in [5.41, 5.74) is 1.07. The van der Waals surface area contributed by atoms with E-state index in [0.717, 1.165) is 31.1 Å². The third-order valence-corrected chi connectivity index (χ3v) is 3.58. The number of piperazine rings is 1. The Labute approximate surface area is 108 Å². The third kappa shape index (κ3) is 2.79. The third-order valence-electron chi connectivity index (χ3n) is 3.58. The van der Waals surface area contributed by atoms with E-state index in [9.17, 15) is 5.11 Å². The monoisotopic (exact) mass is 250 g/mol. The number of hydrogen-bond acceptors (Lipinski definition) is 5. The van der Waals surface area contributed by atoms with Gasteiger partial charge < -0.3 is 10.0 Å². The SMILES string of the molecule is CC(C)c1cc(N2CCN(C)[C@@H](CO)C2)ncn1. The molecule has 0 bridgehead atoms. The number of hydrogen-bond donors (Lipinski definition) is 1. The molecule has 1 saturated heterocycles. The maximum atomic E-state index is 9.37. The van der Waals surface area contributed by atoms with E-state index < -0.39 is 0 Å². The van der Waals surface area contributed by atoms with E-state index in [2.05, 4.69) is 46.7 Å². The van der Waals surface area contributed by atoms with Crippen LogP contribution in [0.15, 0.2) is 12.4 Å². The smallest absolute Gasteiger partial charge is 0.132 e. The van der Waals surface area contributed by atoms with Crippen molar-refractivity contribution in [1.29, 1.82) is 0 Å². The highest BCUT2D eigenvalue weighted by Crippen LogP contribution is 2.19. The lowest BCUT2D eigenvalue weighted by molar-refractivity contribution is 0.135. The van der Waals surface area contributed by atoms with Crippen LogP contribution in [0.4, 0.5) is 5.82 Å². The molecule has 1 fully saturated rings. The highest BCUT2D eigenvalue weighted by Gasteiger charge is 2.24. The normalized spacial score (nSPS) is 21.6. The summed E-state index contributed by atoms with van der Waals surface area (Å²) in [6, 6.07) is 2.25. The molecule has 0 spiro atoms. The first-order chi connectivity index (χ1) is 8.61. The van der Waals surface area contributed by atoms with Crippen molar-refractivity contribution in [3.63, 3.8) is 0 Å². The number of nitrogens with zero attached hydrogens (tertiary/aromatic N) is 4. The summed E-state index contributed by atoms with van der Waals surface area (Å²) in [4.78, 5) is 13.1. The minimum absolute atomic E-state index is 0.190. The van der Waals surface area contributed by atoms with E-state index in [0.29, 0.717) is 5.92 Å². The van der Waals surface area contributed by atoms with Crippen LogP contribution in [0.1, 0.15) is 25.5 Å². The number of aromatic nitrogens is 2. The predicted octanol–water partition coefficient (Wildman–Crippen LogP) is 0.713. The molecule has 0 unspecified atom stereocenters. The molecular formula is C13H22N4O. The lowest BCUT2D eigenvalue weighted by Gasteiger charge is -2.39. The number of aliphatic hydroxyl groups excluding tert-OH is 1. The van der Waals surface area contributed by atoms with Gasteiger partial charge in [-0.2, -0.15) is 0 Å². The summed E-state index contributed by atoms with van der Waals surface area (Å²) in [6.07, 6.45) is 1.64. The van der Waals surface area contributed by atoms with Crippen molar-refractivity contribution in [2.75, 3.05) is 38.2 Å². The molecule has 2 rings (SSSR count). The van der Waals surface area contributed by atoms with Gasteiger partial charge in [0.25, 0.3) is 0 Å². The minimum atomic E-state index is 0.190. The lowest BCUT2D eigenvalue weighted by Crippen LogP contribution is -2.53. The topological polar surface area (TPSA) is 52.5 Å². The Kier molecular flexibility index (Phi) is 4.14. The largest absolute Gasteiger partial charge is 0.395 e. The number of aliphatic hydroxyl groups is 1. The highest BCUT2D eigenvalue weighted by atomic mass is 16.3. The maximum absolute atomic E-state index is 9.37. The van der Waals surface area contributed by atoms with Crippen LogP contribution in [0.25, 0.3) is 0 Å². The van der Waals surface area contributed by atoms with Gasteiger partial charge in [-0.1, -0.05) is 13.8 Å². The summed E-state index contributed by atoms with van der Waals surface area (Å²) >= 11 is 0. The first-order valence-electron chi connectivity index (χ1n) is 6.49. The van der Waals surface area contributed by atoms with Crippen molar-refractivity contribution in [2.45, 2.75) is 25.8 Å². The first-order valence-corrected chi connectivity index (χ1v) is 6.49. The summed E-state index contributed by atoms with van der Waals surface area (Å²) < 4.78 is 0. The van der Waals surface area contributed by atoms with Crippen molar-refractivity contribution in [1.82, 2.24) is 14.9 Å². The van der Waals surface area contributed by atoms with E-state index >= 15 is 0 Å². The van der Waals surface area contributed by atoms with Gasteiger partial charge in [-0.3, -0.25) is 4.90 Å². The number of anilines is 1. The van der Waals surface area contributed by atoms with Gasteiger partial charge in [-0.15, -0.1) is 0 Å². The van der Waals surface area contributed by atoms with E-state index in [1.165, 1.54) is 0 Å².